The first-order valence-electron chi connectivity index (χ1n) is 13.5. The number of hydrogen-bond acceptors (Lipinski definition) is 7. The number of anilines is 1. The van der Waals surface area contributed by atoms with Gasteiger partial charge in [-0.05, 0) is 69.8 Å². The van der Waals surface area contributed by atoms with Crippen molar-refractivity contribution in [2.24, 2.45) is 11.8 Å². The predicted octanol–water partition coefficient (Wildman–Crippen LogP) is 4.06. The van der Waals surface area contributed by atoms with Crippen molar-refractivity contribution < 1.29 is 23.8 Å². The Morgan fingerprint density at radius 2 is 2.00 bits per heavy atom. The highest BCUT2D eigenvalue weighted by Gasteiger charge is 2.40. The molecule has 2 aliphatic heterocycles. The molecule has 216 valence electrons. The zero-order valence-electron chi connectivity index (χ0n) is 23.6. The number of pyridine rings is 1. The number of nitrogens with zero attached hydrogens (tertiary/aromatic N) is 3. The first-order valence-corrected chi connectivity index (χ1v) is 14.9. The third-order valence-corrected chi connectivity index (χ3v) is 8.77. The molecule has 11 heteroatoms. The summed E-state index contributed by atoms with van der Waals surface area (Å²) in [6.45, 7) is 12.0. The lowest BCUT2D eigenvalue weighted by atomic mass is 9.97. The van der Waals surface area contributed by atoms with Crippen LogP contribution in [0.1, 0.15) is 59.2 Å². The molecule has 4 rings (SSSR count). The highest BCUT2D eigenvalue weighted by molar-refractivity contribution is 7.87. The van der Waals surface area contributed by atoms with E-state index in [2.05, 4.69) is 30.8 Å². The Kier molecular flexibility index (Phi) is 8.53. The third kappa shape index (κ3) is 6.70. The van der Waals surface area contributed by atoms with Crippen LogP contribution < -0.4 is 19.7 Å². The number of carbonyl (C=O) groups is 1. The fourth-order valence-electron chi connectivity index (χ4n) is 5.43. The van der Waals surface area contributed by atoms with Gasteiger partial charge in [0, 0.05) is 44.3 Å². The minimum Gasteiger partial charge on any atom is -0.493 e. The van der Waals surface area contributed by atoms with Crippen LogP contribution in [0, 0.1) is 17.7 Å². The van der Waals surface area contributed by atoms with Crippen molar-refractivity contribution in [1.82, 2.24) is 19.3 Å². The highest BCUT2D eigenvalue weighted by atomic mass is 32.2. The predicted molar refractivity (Wildman–Crippen MR) is 153 cm³/mol. The van der Waals surface area contributed by atoms with Crippen LogP contribution in [0.2, 0.25) is 0 Å². The van der Waals surface area contributed by atoms with E-state index in [-0.39, 0.29) is 24.5 Å². The Bertz CT molecular complexity index is 1320. The van der Waals surface area contributed by atoms with Crippen LogP contribution in [-0.4, -0.2) is 68.5 Å². The van der Waals surface area contributed by atoms with Crippen LogP contribution in [0.25, 0.3) is 11.3 Å². The van der Waals surface area contributed by atoms with Gasteiger partial charge in [-0.3, -0.25) is 4.79 Å². The molecule has 2 aromatic rings. The molecule has 0 bridgehead atoms. The SMILES string of the molecule is CNC1CCN(S(=O)(=O)NC(=O)c2ccc(-c3cc(F)cc(OCC(C)C)c3)nc2N2CC(C)CC2(C)C)C1.[HH]. The molecule has 39 heavy (non-hydrogen) atoms. The lowest BCUT2D eigenvalue weighted by molar-refractivity contribution is 0.0979. The summed E-state index contributed by atoms with van der Waals surface area (Å²) in [4.78, 5) is 20.3. The van der Waals surface area contributed by atoms with E-state index in [0.717, 1.165) is 6.42 Å². The number of amides is 1. The molecule has 0 spiro atoms. The van der Waals surface area contributed by atoms with Gasteiger partial charge in [0.05, 0.1) is 17.9 Å². The number of carbonyl (C=O) groups excluding carboxylic acids is 1. The molecule has 2 N–H and O–H groups in total. The maximum absolute atomic E-state index is 14.5. The smallest absolute Gasteiger partial charge is 0.304 e. The van der Waals surface area contributed by atoms with E-state index < -0.39 is 21.9 Å². The molecule has 2 atom stereocenters. The summed E-state index contributed by atoms with van der Waals surface area (Å²) in [5.74, 6) is 0.196. The van der Waals surface area contributed by atoms with E-state index in [4.69, 9.17) is 9.72 Å². The molecule has 1 aromatic carbocycles. The van der Waals surface area contributed by atoms with E-state index in [1.807, 2.05) is 18.7 Å². The number of ether oxygens (including phenoxy) is 1. The van der Waals surface area contributed by atoms with Crippen LogP contribution in [0.5, 0.6) is 5.75 Å². The number of likely N-dealkylation sites (N-methyl/N-ethyl adjacent to an activating group) is 1. The summed E-state index contributed by atoms with van der Waals surface area (Å²) in [5.41, 5.74) is 0.808. The van der Waals surface area contributed by atoms with Crippen LogP contribution in [0.3, 0.4) is 0 Å². The van der Waals surface area contributed by atoms with Gasteiger partial charge >= 0.3 is 10.2 Å². The van der Waals surface area contributed by atoms with E-state index >= 15 is 0 Å². The van der Waals surface area contributed by atoms with E-state index in [1.54, 1.807) is 25.2 Å². The van der Waals surface area contributed by atoms with Gasteiger partial charge in [0.15, 0.2) is 0 Å². The molecule has 0 saturated carbocycles. The molecular formula is C28H42FN5O4S. The maximum atomic E-state index is 14.5. The van der Waals surface area contributed by atoms with Gasteiger partial charge in [-0.2, -0.15) is 12.7 Å². The summed E-state index contributed by atoms with van der Waals surface area (Å²) < 4.78 is 49.9. The standard InChI is InChI=1S/C28H40FN5O4S.H2/c1-18(2)17-38-23-12-20(11-21(29)13-23)25-8-7-24(26(31-25)34-15-19(3)14-28(34,4)5)27(35)32-39(36,37)33-10-9-22(16-33)30-6;/h7-8,11-13,18-19,22,30H,9-10,14-17H2,1-6H3,(H,32,35);1H. The van der Waals surface area contributed by atoms with Gasteiger partial charge in [-0.1, -0.05) is 20.8 Å². The molecule has 0 radical (unpaired) electrons. The zero-order valence-corrected chi connectivity index (χ0v) is 24.4. The Labute approximate surface area is 232 Å². The number of benzene rings is 1. The van der Waals surface area contributed by atoms with Crippen molar-refractivity contribution in [3.8, 4) is 17.0 Å². The van der Waals surface area contributed by atoms with Gasteiger partial charge < -0.3 is 15.0 Å². The fourth-order valence-corrected chi connectivity index (χ4v) is 6.62. The summed E-state index contributed by atoms with van der Waals surface area (Å²) in [6.07, 6.45) is 1.55. The van der Waals surface area contributed by atoms with E-state index in [9.17, 15) is 17.6 Å². The lowest BCUT2D eigenvalue weighted by Crippen LogP contribution is -2.45. The van der Waals surface area contributed by atoms with Crippen LogP contribution >= 0.6 is 0 Å². The van der Waals surface area contributed by atoms with Gasteiger partial charge in [-0.25, -0.2) is 14.1 Å². The fraction of sp³-hybridized carbons (Fsp3) is 0.571. The van der Waals surface area contributed by atoms with Crippen molar-refractivity contribution in [1.29, 1.82) is 0 Å². The van der Waals surface area contributed by atoms with Gasteiger partial charge in [0.1, 0.15) is 17.4 Å². The first kappa shape index (κ1) is 29.2. The number of nitrogens with one attached hydrogen (secondary N) is 2. The van der Waals surface area contributed by atoms with E-state index in [0.29, 0.717) is 61.4 Å². The molecule has 2 saturated heterocycles. The molecule has 1 amide bonds. The summed E-state index contributed by atoms with van der Waals surface area (Å²) >= 11 is 0. The van der Waals surface area contributed by atoms with Crippen LogP contribution in [-0.2, 0) is 10.2 Å². The highest BCUT2D eigenvalue weighted by Crippen LogP contribution is 2.38. The number of rotatable bonds is 9. The lowest BCUT2D eigenvalue weighted by Gasteiger charge is -2.34. The Hall–Kier alpha value is -2.76. The second-order valence-electron chi connectivity index (χ2n) is 11.7. The third-order valence-electron chi connectivity index (χ3n) is 7.32. The van der Waals surface area contributed by atoms with E-state index in [1.165, 1.54) is 16.4 Å². The summed E-state index contributed by atoms with van der Waals surface area (Å²) in [6, 6.07) is 7.67. The average molecular weight is 564 g/mol. The molecule has 9 nitrogen and oxygen atoms in total. The monoisotopic (exact) mass is 563 g/mol. The van der Waals surface area contributed by atoms with Crippen molar-refractivity contribution >= 4 is 21.9 Å². The average Bonchev–Trinajstić information content (AvgIpc) is 3.45. The van der Waals surface area contributed by atoms with Crippen molar-refractivity contribution in [2.45, 2.75) is 59.0 Å². The Morgan fingerprint density at radius 3 is 2.62 bits per heavy atom. The largest absolute Gasteiger partial charge is 0.493 e. The molecule has 3 heterocycles. The van der Waals surface area contributed by atoms with Crippen LogP contribution in [0.15, 0.2) is 30.3 Å². The molecule has 2 fully saturated rings. The van der Waals surface area contributed by atoms with Crippen molar-refractivity contribution in [2.75, 3.05) is 38.2 Å². The molecular weight excluding hydrogens is 521 g/mol. The Morgan fingerprint density at radius 1 is 1.26 bits per heavy atom. The number of hydrogen-bond donors (Lipinski definition) is 2. The van der Waals surface area contributed by atoms with Gasteiger partial charge in [0.25, 0.3) is 5.91 Å². The molecule has 2 unspecified atom stereocenters. The summed E-state index contributed by atoms with van der Waals surface area (Å²) in [5, 5.41) is 3.08. The number of aromatic nitrogens is 1. The number of halogens is 1. The second-order valence-corrected chi connectivity index (χ2v) is 13.4. The zero-order chi connectivity index (χ0) is 28.5. The quantitative estimate of drug-likeness (QED) is 0.474. The van der Waals surface area contributed by atoms with Crippen molar-refractivity contribution in [3.63, 3.8) is 0 Å². The first-order chi connectivity index (χ1) is 18.3. The topological polar surface area (TPSA) is 104 Å². The molecule has 0 aliphatic carbocycles. The van der Waals surface area contributed by atoms with Crippen molar-refractivity contribution in [3.05, 3.63) is 41.7 Å². The Balaban J connectivity index is 0.00000441. The van der Waals surface area contributed by atoms with Gasteiger partial charge in [0.2, 0.25) is 0 Å². The maximum Gasteiger partial charge on any atom is 0.304 e. The molecule has 1 aromatic heterocycles. The van der Waals surface area contributed by atoms with Crippen LogP contribution in [0.4, 0.5) is 10.2 Å². The second kappa shape index (κ2) is 11.4. The summed E-state index contributed by atoms with van der Waals surface area (Å²) in [7, 11) is -2.25. The normalized spacial score (nSPS) is 21.5. The molecule has 2 aliphatic rings. The minimum absolute atomic E-state index is 0. The minimum atomic E-state index is -4.04. The van der Waals surface area contributed by atoms with Gasteiger partial charge in [-0.15, -0.1) is 0 Å².